The van der Waals surface area contributed by atoms with Crippen LogP contribution in [0.15, 0.2) is 22.4 Å². The lowest BCUT2D eigenvalue weighted by molar-refractivity contribution is -0.116. The van der Waals surface area contributed by atoms with E-state index in [4.69, 9.17) is 4.84 Å². The van der Waals surface area contributed by atoms with Crippen molar-refractivity contribution in [2.45, 2.75) is 38.2 Å². The zero-order chi connectivity index (χ0) is 11.7. The number of allylic oxidation sites excluding steroid dienone is 1. The van der Waals surface area contributed by atoms with Gasteiger partial charge in [-0.3, -0.25) is 9.79 Å². The lowest BCUT2D eigenvalue weighted by Gasteiger charge is -2.32. The standard InChI is InChI=1S/C13H16N2O2/c16-8-10-7-12(15-17-10)13-11-4-2-1-3-9(11)5-6-14-13/h5-6,8-11H,1-4,7H2/t9?,10-,11?/m1/s1. The molecule has 4 nitrogen and oxygen atoms in total. The Balaban J connectivity index is 1.80. The number of carbonyl (C=O) groups is 1. The quantitative estimate of drug-likeness (QED) is 0.685. The maximum absolute atomic E-state index is 10.7. The van der Waals surface area contributed by atoms with Gasteiger partial charge in [0.25, 0.3) is 0 Å². The molecule has 2 heterocycles. The lowest BCUT2D eigenvalue weighted by atomic mass is 9.74. The highest BCUT2D eigenvalue weighted by Gasteiger charge is 2.34. The van der Waals surface area contributed by atoms with Crippen molar-refractivity contribution in [1.29, 1.82) is 0 Å². The highest BCUT2D eigenvalue weighted by Crippen LogP contribution is 2.35. The number of aldehydes is 1. The molecule has 0 bridgehead atoms. The minimum Gasteiger partial charge on any atom is -0.384 e. The number of nitrogens with zero attached hydrogens (tertiary/aromatic N) is 2. The Bertz CT molecular complexity index is 412. The molecule has 0 spiro atoms. The summed E-state index contributed by atoms with van der Waals surface area (Å²) in [6.45, 7) is 0. The van der Waals surface area contributed by atoms with Gasteiger partial charge in [-0.05, 0) is 18.8 Å². The van der Waals surface area contributed by atoms with Gasteiger partial charge in [0.1, 0.15) is 5.71 Å². The zero-order valence-corrected chi connectivity index (χ0v) is 9.71. The van der Waals surface area contributed by atoms with Crippen molar-refractivity contribution in [3.8, 4) is 0 Å². The molecule has 2 aliphatic heterocycles. The van der Waals surface area contributed by atoms with E-state index >= 15 is 0 Å². The first-order chi connectivity index (χ1) is 8.38. The second-order valence-corrected chi connectivity index (χ2v) is 4.93. The molecule has 1 fully saturated rings. The molecule has 1 aliphatic carbocycles. The predicted molar refractivity (Wildman–Crippen MR) is 65.0 cm³/mol. The summed E-state index contributed by atoms with van der Waals surface area (Å²) in [4.78, 5) is 20.2. The average Bonchev–Trinajstić information content (AvgIpc) is 2.87. The summed E-state index contributed by atoms with van der Waals surface area (Å²) in [7, 11) is 0. The maximum Gasteiger partial charge on any atom is 0.188 e. The van der Waals surface area contributed by atoms with E-state index in [0.717, 1.165) is 17.7 Å². The van der Waals surface area contributed by atoms with E-state index in [0.29, 0.717) is 18.3 Å². The molecule has 0 aromatic carbocycles. The van der Waals surface area contributed by atoms with Crippen LogP contribution in [0, 0.1) is 11.8 Å². The van der Waals surface area contributed by atoms with Gasteiger partial charge in [0, 0.05) is 18.5 Å². The summed E-state index contributed by atoms with van der Waals surface area (Å²) in [5, 5.41) is 4.02. The smallest absolute Gasteiger partial charge is 0.188 e. The second kappa shape index (κ2) is 4.43. The molecule has 90 valence electrons. The van der Waals surface area contributed by atoms with Gasteiger partial charge in [-0.2, -0.15) is 0 Å². The summed E-state index contributed by atoms with van der Waals surface area (Å²) >= 11 is 0. The Labute approximate surface area is 100 Å². The molecule has 4 heteroatoms. The highest BCUT2D eigenvalue weighted by atomic mass is 16.6. The molecule has 17 heavy (non-hydrogen) atoms. The van der Waals surface area contributed by atoms with E-state index in [2.05, 4.69) is 16.2 Å². The third kappa shape index (κ3) is 1.92. The van der Waals surface area contributed by atoms with Crippen molar-refractivity contribution in [1.82, 2.24) is 0 Å². The molecule has 1 saturated carbocycles. The summed E-state index contributed by atoms with van der Waals surface area (Å²) < 4.78 is 0. The Morgan fingerprint density at radius 3 is 3.06 bits per heavy atom. The summed E-state index contributed by atoms with van der Waals surface area (Å²) in [5.74, 6) is 1.09. The van der Waals surface area contributed by atoms with Crippen LogP contribution in [0.1, 0.15) is 32.1 Å². The third-order valence-electron chi connectivity index (χ3n) is 3.86. The van der Waals surface area contributed by atoms with Crippen molar-refractivity contribution in [2.24, 2.45) is 22.0 Å². The van der Waals surface area contributed by atoms with E-state index in [-0.39, 0.29) is 0 Å². The van der Waals surface area contributed by atoms with E-state index in [9.17, 15) is 4.79 Å². The molecule has 0 amide bonds. The van der Waals surface area contributed by atoms with E-state index < -0.39 is 6.10 Å². The fourth-order valence-corrected chi connectivity index (χ4v) is 2.97. The maximum atomic E-state index is 10.7. The van der Waals surface area contributed by atoms with Crippen molar-refractivity contribution in [2.75, 3.05) is 0 Å². The van der Waals surface area contributed by atoms with Crippen LogP contribution in [0.5, 0.6) is 0 Å². The Kier molecular flexibility index (Phi) is 2.79. The first-order valence-corrected chi connectivity index (χ1v) is 6.31. The fraction of sp³-hybridized carbons (Fsp3) is 0.615. The molecule has 0 aromatic heterocycles. The van der Waals surface area contributed by atoms with Gasteiger partial charge >= 0.3 is 0 Å². The summed E-state index contributed by atoms with van der Waals surface area (Å²) in [6.07, 6.45) is 10.1. The minimum atomic E-state index is -0.402. The molecular weight excluding hydrogens is 216 g/mol. The Morgan fingerprint density at radius 1 is 1.35 bits per heavy atom. The molecule has 3 rings (SSSR count). The number of hydrogen-bond donors (Lipinski definition) is 0. The van der Waals surface area contributed by atoms with E-state index in [1.54, 1.807) is 0 Å². The number of aliphatic imine (C=N–C) groups is 1. The molecule has 0 N–H and O–H groups in total. The van der Waals surface area contributed by atoms with Crippen LogP contribution < -0.4 is 0 Å². The van der Waals surface area contributed by atoms with Crippen molar-refractivity contribution in [3.63, 3.8) is 0 Å². The first kappa shape index (κ1) is 10.7. The first-order valence-electron chi connectivity index (χ1n) is 6.31. The number of rotatable bonds is 2. The predicted octanol–water partition coefficient (Wildman–Crippen LogP) is 2.10. The van der Waals surface area contributed by atoms with Crippen LogP contribution in [0.2, 0.25) is 0 Å². The molecule has 0 aromatic rings. The monoisotopic (exact) mass is 232 g/mol. The van der Waals surface area contributed by atoms with Gasteiger partial charge in [0.05, 0.1) is 5.71 Å². The van der Waals surface area contributed by atoms with E-state index in [1.165, 1.54) is 25.7 Å². The van der Waals surface area contributed by atoms with Crippen LogP contribution in [-0.2, 0) is 9.63 Å². The molecule has 3 atom stereocenters. The van der Waals surface area contributed by atoms with Gasteiger partial charge in [-0.15, -0.1) is 0 Å². The second-order valence-electron chi connectivity index (χ2n) is 4.93. The molecule has 0 radical (unpaired) electrons. The van der Waals surface area contributed by atoms with Crippen LogP contribution >= 0.6 is 0 Å². The van der Waals surface area contributed by atoms with E-state index in [1.807, 2.05) is 6.20 Å². The fourth-order valence-electron chi connectivity index (χ4n) is 2.97. The normalized spacial score (nSPS) is 35.6. The minimum absolute atomic E-state index is 0.402. The zero-order valence-electron chi connectivity index (χ0n) is 9.71. The van der Waals surface area contributed by atoms with Gasteiger partial charge in [-0.25, -0.2) is 0 Å². The number of oxime groups is 1. The lowest BCUT2D eigenvalue weighted by Crippen LogP contribution is -2.33. The SMILES string of the molecule is O=C[C@H]1CC(C2=NC=CC3CCCCC23)=NO1. The number of hydrogen-bond acceptors (Lipinski definition) is 4. The van der Waals surface area contributed by atoms with Crippen LogP contribution in [0.3, 0.4) is 0 Å². The average molecular weight is 232 g/mol. The van der Waals surface area contributed by atoms with Gasteiger partial charge in [0.15, 0.2) is 12.4 Å². The van der Waals surface area contributed by atoms with Gasteiger partial charge in [0.2, 0.25) is 0 Å². The molecule has 2 unspecified atom stereocenters. The molecule has 3 aliphatic rings. The summed E-state index contributed by atoms with van der Waals surface area (Å²) in [5.41, 5.74) is 1.94. The largest absolute Gasteiger partial charge is 0.384 e. The van der Waals surface area contributed by atoms with Gasteiger partial charge in [-0.1, -0.05) is 24.1 Å². The Hall–Kier alpha value is -1.45. The topological polar surface area (TPSA) is 51.0 Å². The van der Waals surface area contributed by atoms with Crippen LogP contribution in [-0.4, -0.2) is 23.8 Å². The number of carbonyl (C=O) groups excluding carboxylic acids is 1. The third-order valence-corrected chi connectivity index (χ3v) is 3.86. The van der Waals surface area contributed by atoms with Crippen LogP contribution in [0.25, 0.3) is 0 Å². The van der Waals surface area contributed by atoms with Gasteiger partial charge < -0.3 is 4.84 Å². The number of fused-ring (bicyclic) bond motifs is 1. The Morgan fingerprint density at radius 2 is 2.24 bits per heavy atom. The summed E-state index contributed by atoms with van der Waals surface area (Å²) in [6, 6.07) is 0. The van der Waals surface area contributed by atoms with Crippen molar-refractivity contribution >= 4 is 17.7 Å². The van der Waals surface area contributed by atoms with Crippen molar-refractivity contribution in [3.05, 3.63) is 12.3 Å². The van der Waals surface area contributed by atoms with Crippen molar-refractivity contribution < 1.29 is 9.63 Å². The highest BCUT2D eigenvalue weighted by molar-refractivity contribution is 6.44. The molecular formula is C13H16N2O2. The molecule has 0 saturated heterocycles. The van der Waals surface area contributed by atoms with Crippen LogP contribution in [0.4, 0.5) is 0 Å².